The molecule has 0 radical (unpaired) electrons. The number of fused-ring (bicyclic) bond motifs is 1. The predicted molar refractivity (Wildman–Crippen MR) is 104 cm³/mol. The molecule has 0 unspecified atom stereocenters. The molecule has 0 aromatic carbocycles. The van der Waals surface area contributed by atoms with Gasteiger partial charge in [-0.25, -0.2) is 9.50 Å². The van der Waals surface area contributed by atoms with Gasteiger partial charge in [-0.3, -0.25) is 4.79 Å². The molecule has 2 atom stereocenters. The van der Waals surface area contributed by atoms with Gasteiger partial charge in [0.05, 0.1) is 16.3 Å². The zero-order valence-corrected chi connectivity index (χ0v) is 16.7. The zero-order chi connectivity index (χ0) is 20.9. The minimum Gasteiger partial charge on any atom is -0.368 e. The fraction of sp³-hybridized carbons (Fsp3) is 0.450. The van der Waals surface area contributed by atoms with Crippen LogP contribution >= 0.6 is 11.3 Å². The molecule has 0 aliphatic carbocycles. The maximum Gasteiger partial charge on any atom is 0.433 e. The number of ether oxygens (including phenoxy) is 1. The van der Waals surface area contributed by atoms with E-state index in [9.17, 15) is 18.0 Å². The van der Waals surface area contributed by atoms with Crippen LogP contribution in [-0.4, -0.2) is 51.2 Å². The van der Waals surface area contributed by atoms with Crippen LogP contribution in [0.25, 0.3) is 16.2 Å². The Morgan fingerprint density at radius 1 is 1.27 bits per heavy atom. The lowest BCUT2D eigenvalue weighted by Crippen LogP contribution is -2.37. The molecule has 158 valence electrons. The van der Waals surface area contributed by atoms with Crippen LogP contribution < -0.4 is 0 Å². The lowest BCUT2D eigenvalue weighted by molar-refractivity contribution is -0.142. The number of halogens is 3. The van der Waals surface area contributed by atoms with Gasteiger partial charge in [0.1, 0.15) is 6.10 Å². The number of likely N-dealkylation sites (tertiary alicyclic amines) is 1. The van der Waals surface area contributed by atoms with E-state index in [0.29, 0.717) is 36.7 Å². The molecule has 1 amide bonds. The molecule has 0 N–H and O–H groups in total. The highest BCUT2D eigenvalue weighted by atomic mass is 32.1. The lowest BCUT2D eigenvalue weighted by Gasteiger charge is -2.19. The van der Waals surface area contributed by atoms with Crippen LogP contribution in [0.5, 0.6) is 0 Å². The van der Waals surface area contributed by atoms with E-state index < -0.39 is 18.0 Å². The van der Waals surface area contributed by atoms with Gasteiger partial charge in [-0.1, -0.05) is 6.07 Å². The first-order chi connectivity index (χ1) is 14.4. The molecule has 10 heteroatoms. The summed E-state index contributed by atoms with van der Waals surface area (Å²) in [5.41, 5.74) is 0.108. The van der Waals surface area contributed by atoms with E-state index in [1.165, 1.54) is 11.3 Å². The first-order valence-corrected chi connectivity index (χ1v) is 10.7. The van der Waals surface area contributed by atoms with Gasteiger partial charge in [-0.15, -0.1) is 11.3 Å². The van der Waals surface area contributed by atoms with Gasteiger partial charge in [-0.2, -0.15) is 18.3 Å². The summed E-state index contributed by atoms with van der Waals surface area (Å²) in [4.78, 5) is 19.4. The summed E-state index contributed by atoms with van der Waals surface area (Å²) in [5, 5.41) is 6.04. The highest BCUT2D eigenvalue weighted by Crippen LogP contribution is 2.35. The van der Waals surface area contributed by atoms with Gasteiger partial charge < -0.3 is 9.64 Å². The summed E-state index contributed by atoms with van der Waals surface area (Å²) >= 11 is 1.34. The van der Waals surface area contributed by atoms with Crippen molar-refractivity contribution in [1.82, 2.24) is 19.5 Å². The molecule has 2 fully saturated rings. The molecule has 5 rings (SSSR count). The zero-order valence-electron chi connectivity index (χ0n) is 15.9. The molecule has 2 aliphatic heterocycles. The van der Waals surface area contributed by atoms with E-state index in [4.69, 9.17) is 4.74 Å². The van der Waals surface area contributed by atoms with E-state index in [0.717, 1.165) is 23.4 Å². The van der Waals surface area contributed by atoms with Crippen LogP contribution in [0.15, 0.2) is 29.6 Å². The maximum absolute atomic E-state index is 13.7. The number of aromatic nitrogens is 3. The molecule has 0 bridgehead atoms. The average Bonchev–Trinajstić information content (AvgIpc) is 3.52. The van der Waals surface area contributed by atoms with Crippen molar-refractivity contribution in [3.8, 4) is 10.6 Å². The number of hydrogen-bond acceptors (Lipinski definition) is 5. The topological polar surface area (TPSA) is 59.7 Å². The van der Waals surface area contributed by atoms with E-state index in [1.54, 1.807) is 28.5 Å². The summed E-state index contributed by atoms with van der Waals surface area (Å²) in [7, 11) is 0. The second kappa shape index (κ2) is 7.35. The number of alkyl halides is 3. The van der Waals surface area contributed by atoms with Crippen molar-refractivity contribution in [1.29, 1.82) is 0 Å². The van der Waals surface area contributed by atoms with Crippen LogP contribution in [0.3, 0.4) is 0 Å². The van der Waals surface area contributed by atoms with Crippen LogP contribution in [0.1, 0.15) is 36.6 Å². The first kappa shape index (κ1) is 19.5. The molecular formula is C20H19F3N4O2S. The fourth-order valence-corrected chi connectivity index (χ4v) is 4.81. The third-order valence-electron chi connectivity index (χ3n) is 5.63. The van der Waals surface area contributed by atoms with Gasteiger partial charge in [0.25, 0.3) is 5.91 Å². The lowest BCUT2D eigenvalue weighted by atomic mass is 10.1. The summed E-state index contributed by atoms with van der Waals surface area (Å²) < 4.78 is 47.5. The Morgan fingerprint density at radius 3 is 2.83 bits per heavy atom. The molecule has 6 nitrogen and oxygen atoms in total. The molecule has 3 aromatic heterocycles. The first-order valence-electron chi connectivity index (χ1n) is 9.82. The maximum atomic E-state index is 13.7. The quantitative estimate of drug-likeness (QED) is 0.624. The van der Waals surface area contributed by atoms with E-state index in [-0.39, 0.29) is 23.2 Å². The van der Waals surface area contributed by atoms with Gasteiger partial charge in [0.15, 0.2) is 11.3 Å². The van der Waals surface area contributed by atoms with Gasteiger partial charge in [0.2, 0.25) is 0 Å². The minimum absolute atomic E-state index is 0.0344. The second-order valence-electron chi connectivity index (χ2n) is 7.61. The third kappa shape index (κ3) is 3.47. The van der Waals surface area contributed by atoms with Crippen molar-refractivity contribution < 1.29 is 22.7 Å². The second-order valence-corrected chi connectivity index (χ2v) is 8.56. The minimum atomic E-state index is -4.56. The Balaban J connectivity index is 1.46. The molecule has 5 heterocycles. The third-order valence-corrected chi connectivity index (χ3v) is 6.53. The van der Waals surface area contributed by atoms with Crippen LogP contribution in [0.4, 0.5) is 13.2 Å². The van der Waals surface area contributed by atoms with E-state index in [2.05, 4.69) is 10.1 Å². The highest BCUT2D eigenvalue weighted by Gasteiger charge is 2.37. The number of carbonyl (C=O) groups is 1. The van der Waals surface area contributed by atoms with Crippen molar-refractivity contribution in [3.63, 3.8) is 0 Å². The standard InChI is InChI=1S/C20H19F3N4O2S/c21-20(22,23)17-9-14(16-4-2-8-30-16)24-18-10-13(25-27(17)18)12-5-6-26(11-12)19(28)15-3-1-7-29-15/h2,4,8-10,12,15H,1,3,5-7,11H2/t12-,15+/m1/s1. The molecule has 3 aromatic rings. The Labute approximate surface area is 174 Å². The van der Waals surface area contributed by atoms with Crippen LogP contribution in [0, 0.1) is 0 Å². The molecule has 30 heavy (non-hydrogen) atoms. The van der Waals surface area contributed by atoms with Crippen molar-refractivity contribution >= 4 is 22.9 Å². The number of carbonyl (C=O) groups excluding carboxylic acids is 1. The number of hydrogen-bond donors (Lipinski definition) is 0. The van der Waals surface area contributed by atoms with Crippen molar-refractivity contribution in [2.75, 3.05) is 19.7 Å². The molecule has 2 saturated heterocycles. The number of amides is 1. The number of rotatable bonds is 3. The summed E-state index contributed by atoms with van der Waals surface area (Å²) in [6, 6.07) is 6.17. The predicted octanol–water partition coefficient (Wildman–Crippen LogP) is 3.97. The highest BCUT2D eigenvalue weighted by molar-refractivity contribution is 7.13. The Kier molecular flexibility index (Phi) is 4.78. The fourth-order valence-electron chi connectivity index (χ4n) is 4.12. The Bertz CT molecular complexity index is 1070. The largest absolute Gasteiger partial charge is 0.433 e. The molecular weight excluding hydrogens is 417 g/mol. The SMILES string of the molecule is O=C([C@@H]1CCCO1)N1CC[C@@H](c2cc3nc(-c4cccs4)cc(C(F)(F)F)n3n2)C1. The summed E-state index contributed by atoms with van der Waals surface area (Å²) in [6.45, 7) is 1.58. The Hall–Kier alpha value is -2.46. The van der Waals surface area contributed by atoms with Crippen molar-refractivity contribution in [2.45, 2.75) is 37.5 Å². The van der Waals surface area contributed by atoms with Gasteiger partial charge in [0, 0.05) is 31.7 Å². The smallest absolute Gasteiger partial charge is 0.368 e. The summed E-state index contributed by atoms with van der Waals surface area (Å²) in [5.74, 6) is -0.156. The van der Waals surface area contributed by atoms with Crippen LogP contribution in [0.2, 0.25) is 0 Å². The van der Waals surface area contributed by atoms with Gasteiger partial charge in [-0.05, 0) is 36.8 Å². The molecule has 2 aliphatic rings. The average molecular weight is 436 g/mol. The number of thiophene rings is 1. The van der Waals surface area contributed by atoms with E-state index >= 15 is 0 Å². The monoisotopic (exact) mass is 436 g/mol. The van der Waals surface area contributed by atoms with E-state index in [1.807, 2.05) is 0 Å². The normalized spacial score (nSPS) is 22.3. The van der Waals surface area contributed by atoms with Crippen molar-refractivity contribution in [2.24, 2.45) is 0 Å². The number of nitrogens with zero attached hydrogens (tertiary/aromatic N) is 4. The van der Waals surface area contributed by atoms with Gasteiger partial charge >= 0.3 is 6.18 Å². The summed E-state index contributed by atoms with van der Waals surface area (Å²) in [6.07, 6.45) is -2.70. The van der Waals surface area contributed by atoms with Crippen molar-refractivity contribution in [3.05, 3.63) is 41.0 Å². The van der Waals surface area contributed by atoms with Crippen LogP contribution in [-0.2, 0) is 15.7 Å². The molecule has 0 spiro atoms. The molecule has 0 saturated carbocycles. The Morgan fingerprint density at radius 2 is 2.13 bits per heavy atom.